The van der Waals surface area contributed by atoms with E-state index in [2.05, 4.69) is 18.8 Å². The minimum atomic E-state index is -0.638. The van der Waals surface area contributed by atoms with Crippen LogP contribution in [-0.2, 0) is 4.79 Å². The maximum absolute atomic E-state index is 12.3. The van der Waals surface area contributed by atoms with Crippen molar-refractivity contribution in [2.24, 2.45) is 4.99 Å². The Morgan fingerprint density at radius 3 is 2.54 bits per heavy atom. The predicted octanol–water partition coefficient (Wildman–Crippen LogP) is 4.86. The highest BCUT2D eigenvalue weighted by molar-refractivity contribution is 6.00. The van der Waals surface area contributed by atoms with Gasteiger partial charge in [-0.2, -0.15) is 4.99 Å². The molecule has 0 saturated heterocycles. The number of hydrogen-bond donors (Lipinski definition) is 0. The fraction of sp³-hybridized carbons (Fsp3) is 0.200. The Balaban J connectivity index is 2.52. The Morgan fingerprint density at radius 2 is 1.88 bits per heavy atom. The minimum Gasteiger partial charge on any atom is -0.421 e. The number of fused-ring (bicyclic) bond motifs is 1. The predicted molar refractivity (Wildman–Crippen MR) is 94.5 cm³/mol. The van der Waals surface area contributed by atoms with E-state index in [0.29, 0.717) is 17.1 Å². The van der Waals surface area contributed by atoms with E-state index in [1.165, 1.54) is 6.08 Å². The van der Waals surface area contributed by atoms with E-state index in [1.54, 1.807) is 6.07 Å². The molecule has 4 nitrogen and oxygen atoms in total. The number of rotatable bonds is 3. The number of hydrogen-bond acceptors (Lipinski definition) is 4. The molecule has 4 heteroatoms. The van der Waals surface area contributed by atoms with Crippen LogP contribution in [0.5, 0.6) is 0 Å². The van der Waals surface area contributed by atoms with Crippen molar-refractivity contribution >= 4 is 22.7 Å². The van der Waals surface area contributed by atoms with Crippen molar-refractivity contribution in [3.8, 4) is 11.1 Å². The first-order valence-electron chi connectivity index (χ1n) is 7.77. The van der Waals surface area contributed by atoms with Crippen LogP contribution in [0.4, 0.5) is 5.69 Å². The first-order chi connectivity index (χ1) is 11.5. The molecule has 3 rings (SSSR count). The molecular weight excluding hydrogens is 302 g/mol. The third-order valence-corrected chi connectivity index (χ3v) is 4.14. The smallest absolute Gasteiger partial charge is 0.363 e. The molecule has 0 atom stereocenters. The molecule has 0 aliphatic heterocycles. The molecule has 0 amide bonds. The van der Waals surface area contributed by atoms with E-state index in [0.717, 1.165) is 22.1 Å². The topological polar surface area (TPSA) is 59.6 Å². The van der Waals surface area contributed by atoms with Gasteiger partial charge in [0.1, 0.15) is 5.58 Å². The molecule has 3 aromatic rings. The summed E-state index contributed by atoms with van der Waals surface area (Å²) >= 11 is 0. The third-order valence-electron chi connectivity index (χ3n) is 4.14. The molecule has 1 heterocycles. The fourth-order valence-electron chi connectivity index (χ4n) is 2.84. The second-order valence-corrected chi connectivity index (χ2v) is 6.04. The molecule has 120 valence electrons. The van der Waals surface area contributed by atoms with Crippen molar-refractivity contribution in [3.63, 3.8) is 0 Å². The molecule has 0 unspecified atom stereocenters. The maximum atomic E-state index is 12.3. The average Bonchev–Trinajstić information content (AvgIpc) is 2.56. The van der Waals surface area contributed by atoms with Gasteiger partial charge in [0.2, 0.25) is 6.08 Å². The molecule has 0 fully saturated rings. The molecule has 0 aliphatic rings. The molecule has 0 bridgehead atoms. The highest BCUT2D eigenvalue weighted by Crippen LogP contribution is 2.37. The summed E-state index contributed by atoms with van der Waals surface area (Å²) in [6.45, 7) is 6.15. The lowest BCUT2D eigenvalue weighted by Gasteiger charge is -2.13. The van der Waals surface area contributed by atoms with Crippen LogP contribution in [0, 0.1) is 6.92 Å². The van der Waals surface area contributed by atoms with Gasteiger partial charge in [-0.05, 0) is 41.7 Å². The van der Waals surface area contributed by atoms with Gasteiger partial charge < -0.3 is 4.42 Å². The summed E-state index contributed by atoms with van der Waals surface area (Å²) in [5.74, 6) is 0.323. The van der Waals surface area contributed by atoms with Crippen molar-refractivity contribution < 1.29 is 9.21 Å². The number of aliphatic imine (C=N–C) groups is 1. The van der Waals surface area contributed by atoms with Gasteiger partial charge in [0.25, 0.3) is 0 Å². The lowest BCUT2D eigenvalue weighted by Crippen LogP contribution is -2.02. The van der Waals surface area contributed by atoms with Crippen LogP contribution in [0.2, 0.25) is 0 Å². The van der Waals surface area contributed by atoms with Gasteiger partial charge >= 0.3 is 5.63 Å². The highest BCUT2D eigenvalue weighted by Gasteiger charge is 2.18. The summed E-state index contributed by atoms with van der Waals surface area (Å²) in [5, 5.41) is 0.768. The number of isocyanates is 1. The van der Waals surface area contributed by atoms with Crippen LogP contribution in [0.15, 0.2) is 56.7 Å². The van der Waals surface area contributed by atoms with E-state index in [4.69, 9.17) is 4.42 Å². The van der Waals surface area contributed by atoms with Crippen molar-refractivity contribution in [1.29, 1.82) is 0 Å². The molecule has 1 aromatic heterocycles. The number of carbonyl (C=O) groups excluding carboxylic acids is 1. The van der Waals surface area contributed by atoms with E-state index in [1.807, 2.05) is 43.3 Å². The first-order valence-corrected chi connectivity index (χ1v) is 7.77. The van der Waals surface area contributed by atoms with Gasteiger partial charge in [0.15, 0.2) is 5.69 Å². The maximum Gasteiger partial charge on any atom is 0.363 e. The van der Waals surface area contributed by atoms with Crippen LogP contribution in [0.25, 0.3) is 22.1 Å². The van der Waals surface area contributed by atoms with Gasteiger partial charge in [-0.25, -0.2) is 9.59 Å². The Kier molecular flexibility index (Phi) is 4.15. The van der Waals surface area contributed by atoms with Gasteiger partial charge in [-0.1, -0.05) is 44.2 Å². The van der Waals surface area contributed by atoms with Crippen molar-refractivity contribution in [2.45, 2.75) is 26.7 Å². The zero-order chi connectivity index (χ0) is 17.3. The SMILES string of the molecule is Cc1ccccc1-c1c(N=C=O)c(=O)oc2ccc(C(C)C)cc12. The quantitative estimate of drug-likeness (QED) is 0.393. The Hall–Kier alpha value is -2.97. The Bertz CT molecular complexity index is 1020. The van der Waals surface area contributed by atoms with Gasteiger partial charge in [0.05, 0.1) is 0 Å². The number of aryl methyl sites for hydroxylation is 1. The van der Waals surface area contributed by atoms with Gasteiger partial charge in [0, 0.05) is 10.9 Å². The Labute approximate surface area is 139 Å². The summed E-state index contributed by atoms with van der Waals surface area (Å²) in [6, 6.07) is 13.4. The van der Waals surface area contributed by atoms with E-state index in [-0.39, 0.29) is 5.69 Å². The first kappa shape index (κ1) is 15.9. The molecule has 24 heavy (non-hydrogen) atoms. The molecule has 0 radical (unpaired) electrons. The van der Waals surface area contributed by atoms with Gasteiger partial charge in [-0.3, -0.25) is 0 Å². The number of nitrogens with zero attached hydrogens (tertiary/aromatic N) is 1. The molecule has 2 aromatic carbocycles. The summed E-state index contributed by atoms with van der Waals surface area (Å²) in [6.07, 6.45) is 1.47. The zero-order valence-corrected chi connectivity index (χ0v) is 13.8. The molecule has 0 saturated carbocycles. The van der Waals surface area contributed by atoms with Crippen LogP contribution < -0.4 is 5.63 Å². The third kappa shape index (κ3) is 2.68. The van der Waals surface area contributed by atoms with Crippen LogP contribution >= 0.6 is 0 Å². The minimum absolute atomic E-state index is 0.00675. The average molecular weight is 319 g/mol. The second-order valence-electron chi connectivity index (χ2n) is 6.04. The second kappa shape index (κ2) is 6.26. The summed E-state index contributed by atoms with van der Waals surface area (Å²) in [7, 11) is 0. The lowest BCUT2D eigenvalue weighted by molar-refractivity contribution is 0.557. The summed E-state index contributed by atoms with van der Waals surface area (Å²) < 4.78 is 5.35. The van der Waals surface area contributed by atoms with Crippen LogP contribution in [0.1, 0.15) is 30.9 Å². The largest absolute Gasteiger partial charge is 0.421 e. The normalized spacial score (nSPS) is 10.8. The van der Waals surface area contributed by atoms with Crippen molar-refractivity contribution in [3.05, 3.63) is 64.0 Å². The number of benzene rings is 2. The van der Waals surface area contributed by atoms with Gasteiger partial charge in [-0.15, -0.1) is 0 Å². The van der Waals surface area contributed by atoms with Crippen molar-refractivity contribution in [2.75, 3.05) is 0 Å². The molecule has 0 spiro atoms. The zero-order valence-electron chi connectivity index (χ0n) is 13.8. The summed E-state index contributed by atoms with van der Waals surface area (Å²) in [4.78, 5) is 26.8. The van der Waals surface area contributed by atoms with E-state index >= 15 is 0 Å². The highest BCUT2D eigenvalue weighted by atomic mass is 16.4. The van der Waals surface area contributed by atoms with E-state index < -0.39 is 5.63 Å². The lowest BCUT2D eigenvalue weighted by atomic mass is 9.93. The van der Waals surface area contributed by atoms with E-state index in [9.17, 15) is 9.59 Å². The molecule has 0 N–H and O–H groups in total. The Morgan fingerprint density at radius 1 is 1.12 bits per heavy atom. The van der Waals surface area contributed by atoms with Crippen molar-refractivity contribution in [1.82, 2.24) is 0 Å². The van der Waals surface area contributed by atoms with Crippen LogP contribution in [0.3, 0.4) is 0 Å². The summed E-state index contributed by atoms with van der Waals surface area (Å²) in [5.41, 5.74) is 3.41. The molecular formula is C20H17NO3. The fourth-order valence-corrected chi connectivity index (χ4v) is 2.84. The monoisotopic (exact) mass is 319 g/mol. The molecule has 0 aliphatic carbocycles. The standard InChI is InChI=1S/C20H17NO3/c1-12(2)14-8-9-17-16(10-14)18(15-7-5-4-6-13(15)3)19(21-11-22)20(23)24-17/h4-10,12H,1-3H3. The van der Waals surface area contributed by atoms with Crippen LogP contribution in [-0.4, -0.2) is 6.08 Å².